The molecule has 0 aliphatic heterocycles. The van der Waals surface area contributed by atoms with Gasteiger partial charge in [-0.15, -0.1) is 0 Å². The number of hydrogen-bond acceptors (Lipinski definition) is 2. The Kier molecular flexibility index (Phi) is 4.77. The van der Waals surface area contributed by atoms with Gasteiger partial charge in [-0.1, -0.05) is 0 Å². The highest BCUT2D eigenvalue weighted by atomic mass is 35.5. The van der Waals surface area contributed by atoms with E-state index in [4.69, 9.17) is 0 Å². The van der Waals surface area contributed by atoms with Crippen LogP contribution in [0, 0.1) is 0 Å². The molecule has 4 heteroatoms. The summed E-state index contributed by atoms with van der Waals surface area (Å²) in [7, 11) is 3.92. The lowest BCUT2D eigenvalue weighted by atomic mass is 10.1. The molecule has 1 aromatic heterocycles. The van der Waals surface area contributed by atoms with Crippen LogP contribution in [0.15, 0.2) is 42.5 Å². The molecule has 0 unspecified atom stereocenters. The number of nitrogens with one attached hydrogen (secondary N) is 2. The minimum Gasteiger partial charge on any atom is -1.00 e. The Bertz CT molecular complexity index is 750. The third-order valence-electron chi connectivity index (χ3n) is 3.98. The van der Waals surface area contributed by atoms with Crippen LogP contribution in [0.5, 0.6) is 0 Å². The maximum Gasteiger partial charge on any atom is 0.215 e. The molecule has 0 amide bonds. The fourth-order valence-electron chi connectivity index (χ4n) is 2.91. The van der Waals surface area contributed by atoms with Crippen molar-refractivity contribution in [3.63, 3.8) is 0 Å². The standard InChI is InChI=1S/C18H21N3.ClH/c1-12(2)21-17-10-15(19-3)7-5-13(17)9-14-6-8-16(20-4)11-18(14)21;/h5-12H,1-4H3,(H,19,20);1H. The summed E-state index contributed by atoms with van der Waals surface area (Å²) in [6.45, 7) is 4.47. The summed E-state index contributed by atoms with van der Waals surface area (Å²) >= 11 is 0. The van der Waals surface area contributed by atoms with Crippen molar-refractivity contribution in [2.75, 3.05) is 24.7 Å². The molecule has 0 aliphatic carbocycles. The molecule has 0 saturated carbocycles. The van der Waals surface area contributed by atoms with Gasteiger partial charge in [0, 0.05) is 48.4 Å². The first-order valence-electron chi connectivity index (χ1n) is 7.41. The molecular weight excluding hydrogens is 294 g/mol. The quantitative estimate of drug-likeness (QED) is 0.556. The van der Waals surface area contributed by atoms with E-state index in [1.54, 1.807) is 0 Å². The Morgan fingerprint density at radius 2 is 1.23 bits per heavy atom. The van der Waals surface area contributed by atoms with E-state index in [0.29, 0.717) is 6.04 Å². The molecular formula is C18H22ClN3. The Morgan fingerprint density at radius 3 is 1.59 bits per heavy atom. The van der Waals surface area contributed by atoms with Crippen LogP contribution in [-0.2, 0) is 0 Å². The average Bonchev–Trinajstić information content (AvgIpc) is 2.51. The van der Waals surface area contributed by atoms with Gasteiger partial charge in [0.05, 0.1) is 0 Å². The smallest absolute Gasteiger partial charge is 0.215 e. The molecule has 2 aromatic carbocycles. The highest BCUT2D eigenvalue weighted by molar-refractivity contribution is 5.91. The predicted octanol–water partition coefficient (Wildman–Crippen LogP) is 0.949. The van der Waals surface area contributed by atoms with Gasteiger partial charge in [-0.2, -0.15) is 4.57 Å². The van der Waals surface area contributed by atoms with Crippen molar-refractivity contribution in [2.45, 2.75) is 19.9 Å². The van der Waals surface area contributed by atoms with Gasteiger partial charge in [-0.05, 0) is 44.2 Å². The number of hydrogen-bond donors (Lipinski definition) is 2. The molecule has 0 radical (unpaired) electrons. The van der Waals surface area contributed by atoms with E-state index in [2.05, 4.69) is 71.5 Å². The van der Waals surface area contributed by atoms with Gasteiger partial charge >= 0.3 is 0 Å². The van der Waals surface area contributed by atoms with Crippen molar-refractivity contribution in [1.29, 1.82) is 0 Å². The number of aromatic nitrogens is 1. The summed E-state index contributed by atoms with van der Waals surface area (Å²) in [5.74, 6) is 0. The van der Waals surface area contributed by atoms with Gasteiger partial charge < -0.3 is 23.0 Å². The Balaban J connectivity index is 0.00000176. The second-order valence-electron chi connectivity index (χ2n) is 5.66. The van der Waals surface area contributed by atoms with Gasteiger partial charge in [-0.25, -0.2) is 0 Å². The summed E-state index contributed by atoms with van der Waals surface area (Å²) in [6.07, 6.45) is 0. The van der Waals surface area contributed by atoms with Gasteiger partial charge in [0.15, 0.2) is 6.04 Å². The number of rotatable bonds is 3. The van der Waals surface area contributed by atoms with Crippen molar-refractivity contribution in [3.8, 4) is 0 Å². The second kappa shape index (κ2) is 6.41. The first-order valence-corrected chi connectivity index (χ1v) is 7.41. The summed E-state index contributed by atoms with van der Waals surface area (Å²) in [4.78, 5) is 0. The molecule has 1 heterocycles. The minimum absolute atomic E-state index is 0. The lowest BCUT2D eigenvalue weighted by Gasteiger charge is -2.11. The first kappa shape index (κ1) is 16.4. The maximum absolute atomic E-state index is 3.23. The summed E-state index contributed by atoms with van der Waals surface area (Å²) < 4.78 is 2.41. The van der Waals surface area contributed by atoms with Crippen LogP contribution in [0.4, 0.5) is 11.4 Å². The highest BCUT2D eigenvalue weighted by Gasteiger charge is 2.19. The van der Waals surface area contributed by atoms with Crippen molar-refractivity contribution < 1.29 is 17.0 Å². The van der Waals surface area contributed by atoms with Crippen LogP contribution >= 0.6 is 0 Å². The number of nitrogens with zero attached hydrogens (tertiary/aromatic N) is 1. The lowest BCUT2D eigenvalue weighted by molar-refractivity contribution is -0.666. The van der Waals surface area contributed by atoms with Crippen LogP contribution < -0.4 is 27.6 Å². The third kappa shape index (κ3) is 2.69. The number of pyridine rings is 1. The van der Waals surface area contributed by atoms with E-state index in [1.807, 2.05) is 14.1 Å². The van der Waals surface area contributed by atoms with E-state index < -0.39 is 0 Å². The lowest BCUT2D eigenvalue weighted by Crippen LogP contribution is -3.00. The van der Waals surface area contributed by atoms with Gasteiger partial charge in [0.2, 0.25) is 11.0 Å². The zero-order valence-electron chi connectivity index (χ0n) is 13.4. The molecule has 116 valence electrons. The van der Waals surface area contributed by atoms with Gasteiger partial charge in [0.25, 0.3) is 0 Å². The Labute approximate surface area is 137 Å². The molecule has 0 fully saturated rings. The molecule has 0 atom stereocenters. The summed E-state index contributed by atoms with van der Waals surface area (Å²) in [6, 6.07) is 15.7. The molecule has 0 bridgehead atoms. The van der Waals surface area contributed by atoms with E-state index in [9.17, 15) is 0 Å². The molecule has 0 aliphatic rings. The Morgan fingerprint density at radius 1 is 0.773 bits per heavy atom. The SMILES string of the molecule is CNc1ccc2cc3ccc(NC)cc3[n+](C(C)C)c2c1.[Cl-]. The topological polar surface area (TPSA) is 27.9 Å². The molecule has 3 nitrogen and oxygen atoms in total. The summed E-state index contributed by atoms with van der Waals surface area (Å²) in [5, 5.41) is 9.00. The molecule has 2 N–H and O–H groups in total. The number of fused-ring (bicyclic) bond motifs is 2. The molecule has 22 heavy (non-hydrogen) atoms. The fourth-order valence-corrected chi connectivity index (χ4v) is 2.91. The zero-order valence-corrected chi connectivity index (χ0v) is 14.2. The van der Waals surface area contributed by atoms with Crippen molar-refractivity contribution in [1.82, 2.24) is 0 Å². The zero-order chi connectivity index (χ0) is 15.0. The van der Waals surface area contributed by atoms with E-state index in [1.165, 1.54) is 21.8 Å². The molecule has 3 rings (SSSR count). The van der Waals surface area contributed by atoms with Crippen molar-refractivity contribution in [3.05, 3.63) is 42.5 Å². The van der Waals surface area contributed by atoms with E-state index in [0.717, 1.165) is 11.4 Å². The minimum atomic E-state index is 0. The van der Waals surface area contributed by atoms with E-state index >= 15 is 0 Å². The molecule has 3 aromatic rings. The largest absolute Gasteiger partial charge is 1.00 e. The van der Waals surface area contributed by atoms with Crippen molar-refractivity contribution in [2.24, 2.45) is 0 Å². The first-order chi connectivity index (χ1) is 10.1. The van der Waals surface area contributed by atoms with Crippen LogP contribution in [0.1, 0.15) is 19.9 Å². The molecule has 0 spiro atoms. The normalized spacial score (nSPS) is 10.8. The number of benzene rings is 2. The predicted molar refractivity (Wildman–Crippen MR) is 91.1 cm³/mol. The van der Waals surface area contributed by atoms with Crippen LogP contribution in [0.25, 0.3) is 21.8 Å². The number of halogens is 1. The van der Waals surface area contributed by atoms with Crippen LogP contribution in [-0.4, -0.2) is 14.1 Å². The van der Waals surface area contributed by atoms with Crippen LogP contribution in [0.2, 0.25) is 0 Å². The fraction of sp³-hybridized carbons (Fsp3) is 0.278. The van der Waals surface area contributed by atoms with E-state index in [-0.39, 0.29) is 12.4 Å². The third-order valence-corrected chi connectivity index (χ3v) is 3.98. The number of anilines is 2. The maximum atomic E-state index is 3.23. The highest BCUT2D eigenvalue weighted by Crippen LogP contribution is 2.24. The average molecular weight is 316 g/mol. The second-order valence-corrected chi connectivity index (χ2v) is 5.66. The summed E-state index contributed by atoms with van der Waals surface area (Å²) in [5.41, 5.74) is 4.80. The Hall–Kier alpha value is -2.00. The van der Waals surface area contributed by atoms with Crippen LogP contribution in [0.3, 0.4) is 0 Å². The monoisotopic (exact) mass is 315 g/mol. The van der Waals surface area contributed by atoms with Crippen molar-refractivity contribution >= 4 is 33.2 Å². The molecule has 0 saturated heterocycles. The van der Waals surface area contributed by atoms with Gasteiger partial charge in [0.1, 0.15) is 0 Å². The van der Waals surface area contributed by atoms with Gasteiger partial charge in [-0.3, -0.25) is 0 Å².